The summed E-state index contributed by atoms with van der Waals surface area (Å²) in [5.74, 6) is -0.278. The van der Waals surface area contributed by atoms with E-state index in [1.54, 1.807) is 24.3 Å². The highest BCUT2D eigenvalue weighted by atomic mass is 16.5. The minimum atomic E-state index is -0.879. The molecular formula is C19H21NO4. The average Bonchev–Trinajstić information content (AvgIpc) is 2.57. The van der Waals surface area contributed by atoms with Crippen LogP contribution in [-0.4, -0.2) is 23.6 Å². The lowest BCUT2D eigenvalue weighted by Gasteiger charge is -2.08. The predicted molar refractivity (Wildman–Crippen MR) is 92.3 cm³/mol. The molecule has 5 nitrogen and oxygen atoms in total. The molecule has 0 fully saturated rings. The number of benzene rings is 2. The molecule has 0 aliphatic heterocycles. The Labute approximate surface area is 141 Å². The number of nitrogens with one attached hydrogen (secondary N) is 1. The third-order valence-electron chi connectivity index (χ3n) is 3.52. The fourth-order valence-corrected chi connectivity index (χ4v) is 2.19. The fraction of sp³-hybridized carbons (Fsp3) is 0.263. The summed E-state index contributed by atoms with van der Waals surface area (Å²) in [5, 5.41) is 11.5. The summed E-state index contributed by atoms with van der Waals surface area (Å²) < 4.78 is 5.55. The molecule has 0 radical (unpaired) electrons. The number of anilines is 1. The van der Waals surface area contributed by atoms with E-state index >= 15 is 0 Å². The minimum absolute atomic E-state index is 0.0289. The van der Waals surface area contributed by atoms with Gasteiger partial charge in [0.2, 0.25) is 5.91 Å². The van der Waals surface area contributed by atoms with Crippen molar-refractivity contribution in [3.63, 3.8) is 0 Å². The molecule has 0 heterocycles. The molecule has 5 heteroatoms. The van der Waals surface area contributed by atoms with E-state index in [1.807, 2.05) is 24.3 Å². The lowest BCUT2D eigenvalue weighted by molar-refractivity contribution is -0.136. The van der Waals surface area contributed by atoms with Crippen LogP contribution in [0.3, 0.4) is 0 Å². The zero-order valence-corrected chi connectivity index (χ0v) is 13.6. The third-order valence-corrected chi connectivity index (χ3v) is 3.52. The van der Waals surface area contributed by atoms with Gasteiger partial charge in [0.15, 0.2) is 0 Å². The van der Waals surface area contributed by atoms with Gasteiger partial charge in [-0.1, -0.05) is 31.2 Å². The Morgan fingerprint density at radius 2 is 1.62 bits per heavy atom. The first kappa shape index (κ1) is 17.5. The maximum absolute atomic E-state index is 11.9. The molecule has 0 unspecified atom stereocenters. The van der Waals surface area contributed by atoms with Gasteiger partial charge in [-0.15, -0.1) is 0 Å². The van der Waals surface area contributed by atoms with Crippen molar-refractivity contribution < 1.29 is 19.4 Å². The number of ether oxygens (including phenoxy) is 1. The van der Waals surface area contributed by atoms with Crippen LogP contribution in [0.4, 0.5) is 5.69 Å². The van der Waals surface area contributed by atoms with E-state index in [0.717, 1.165) is 12.2 Å². The van der Waals surface area contributed by atoms with Crippen LogP contribution in [0.5, 0.6) is 5.75 Å². The summed E-state index contributed by atoms with van der Waals surface area (Å²) in [5.41, 5.74) is 2.58. The van der Waals surface area contributed by atoms with Crippen LogP contribution < -0.4 is 10.1 Å². The molecule has 0 spiro atoms. The van der Waals surface area contributed by atoms with Gasteiger partial charge in [0, 0.05) is 5.69 Å². The third kappa shape index (κ3) is 5.76. The van der Waals surface area contributed by atoms with Gasteiger partial charge in [0.1, 0.15) is 5.75 Å². The predicted octanol–water partition coefficient (Wildman–Crippen LogP) is 3.28. The number of hydrogen-bond donors (Lipinski definition) is 2. The van der Waals surface area contributed by atoms with Crippen molar-refractivity contribution in [2.24, 2.45) is 0 Å². The van der Waals surface area contributed by atoms with Crippen LogP contribution >= 0.6 is 0 Å². The average molecular weight is 327 g/mol. The molecular weight excluding hydrogens is 306 g/mol. The van der Waals surface area contributed by atoms with Crippen LogP contribution in [0, 0.1) is 0 Å². The molecule has 2 aromatic rings. The van der Waals surface area contributed by atoms with Crippen molar-refractivity contribution in [2.45, 2.75) is 26.2 Å². The van der Waals surface area contributed by atoms with E-state index < -0.39 is 5.97 Å². The Hall–Kier alpha value is -2.82. The summed E-state index contributed by atoms with van der Waals surface area (Å²) in [6.45, 7) is 2.39. The van der Waals surface area contributed by atoms with E-state index in [0.29, 0.717) is 17.9 Å². The van der Waals surface area contributed by atoms with Crippen molar-refractivity contribution in [3.05, 3.63) is 59.7 Å². The maximum Gasteiger partial charge on any atom is 0.307 e. The number of aryl methyl sites for hydroxylation is 1. The van der Waals surface area contributed by atoms with Crippen molar-refractivity contribution in [2.75, 3.05) is 11.9 Å². The van der Waals surface area contributed by atoms with E-state index in [9.17, 15) is 9.59 Å². The summed E-state index contributed by atoms with van der Waals surface area (Å²) >= 11 is 0. The summed E-state index contributed by atoms with van der Waals surface area (Å²) in [6.07, 6.45) is 1.19. The summed E-state index contributed by atoms with van der Waals surface area (Å²) in [6, 6.07) is 14.6. The van der Waals surface area contributed by atoms with Crippen molar-refractivity contribution >= 4 is 17.6 Å². The first-order chi connectivity index (χ1) is 11.6. The van der Waals surface area contributed by atoms with Crippen LogP contribution in [0.25, 0.3) is 0 Å². The topological polar surface area (TPSA) is 75.6 Å². The monoisotopic (exact) mass is 327 g/mol. The molecule has 0 aromatic heterocycles. The zero-order chi connectivity index (χ0) is 17.4. The smallest absolute Gasteiger partial charge is 0.307 e. The van der Waals surface area contributed by atoms with Crippen LogP contribution in [0.1, 0.15) is 24.5 Å². The number of carbonyl (C=O) groups excluding carboxylic acids is 1. The minimum Gasteiger partial charge on any atom is -0.493 e. The molecule has 0 aliphatic rings. The number of hydrogen-bond acceptors (Lipinski definition) is 3. The molecule has 2 aromatic carbocycles. The lowest BCUT2D eigenvalue weighted by Crippen LogP contribution is -2.15. The fourth-order valence-electron chi connectivity index (χ4n) is 2.19. The molecule has 2 rings (SSSR count). The molecule has 0 saturated carbocycles. The van der Waals surface area contributed by atoms with Gasteiger partial charge in [-0.05, 0) is 41.8 Å². The number of aliphatic carboxylic acids is 1. The van der Waals surface area contributed by atoms with Gasteiger partial charge in [-0.25, -0.2) is 0 Å². The van der Waals surface area contributed by atoms with Crippen LogP contribution in [0.2, 0.25) is 0 Å². The second-order valence-corrected chi connectivity index (χ2v) is 5.41. The van der Waals surface area contributed by atoms with E-state index in [1.165, 1.54) is 5.56 Å². The van der Waals surface area contributed by atoms with Crippen molar-refractivity contribution in [1.29, 1.82) is 0 Å². The van der Waals surface area contributed by atoms with E-state index in [2.05, 4.69) is 12.2 Å². The van der Waals surface area contributed by atoms with Gasteiger partial charge < -0.3 is 15.2 Å². The highest BCUT2D eigenvalue weighted by Crippen LogP contribution is 2.13. The number of carboxylic acid groups (broad SMARTS) is 1. The molecule has 0 atom stereocenters. The highest BCUT2D eigenvalue weighted by Gasteiger charge is 2.05. The van der Waals surface area contributed by atoms with Crippen molar-refractivity contribution in [3.8, 4) is 5.75 Å². The number of carbonyl (C=O) groups is 2. The number of amides is 1. The summed E-state index contributed by atoms with van der Waals surface area (Å²) in [7, 11) is 0. The molecule has 0 aliphatic carbocycles. The van der Waals surface area contributed by atoms with E-state index in [4.69, 9.17) is 9.84 Å². The number of rotatable bonds is 8. The van der Waals surface area contributed by atoms with Crippen molar-refractivity contribution in [1.82, 2.24) is 0 Å². The maximum atomic E-state index is 11.9. The van der Waals surface area contributed by atoms with Gasteiger partial charge in [-0.3, -0.25) is 9.59 Å². The SMILES string of the molecule is CCc1ccc(OCCC(=O)Nc2ccc(CC(=O)O)cc2)cc1. The van der Waals surface area contributed by atoms with Gasteiger partial charge in [-0.2, -0.15) is 0 Å². The highest BCUT2D eigenvalue weighted by molar-refractivity contribution is 5.90. The second-order valence-electron chi connectivity index (χ2n) is 5.41. The van der Waals surface area contributed by atoms with Crippen LogP contribution in [0.15, 0.2) is 48.5 Å². The molecule has 1 amide bonds. The molecule has 2 N–H and O–H groups in total. The Balaban J connectivity index is 1.75. The molecule has 126 valence electrons. The first-order valence-electron chi connectivity index (χ1n) is 7.89. The van der Waals surface area contributed by atoms with Gasteiger partial charge in [0.05, 0.1) is 19.4 Å². The van der Waals surface area contributed by atoms with E-state index in [-0.39, 0.29) is 18.7 Å². The quantitative estimate of drug-likeness (QED) is 0.780. The normalized spacial score (nSPS) is 10.2. The summed E-state index contributed by atoms with van der Waals surface area (Å²) in [4.78, 5) is 22.5. The number of carboxylic acids is 1. The van der Waals surface area contributed by atoms with Gasteiger partial charge >= 0.3 is 5.97 Å². The van der Waals surface area contributed by atoms with Crippen LogP contribution in [-0.2, 0) is 22.4 Å². The first-order valence-corrected chi connectivity index (χ1v) is 7.89. The zero-order valence-electron chi connectivity index (χ0n) is 13.6. The second kappa shape index (κ2) is 8.72. The van der Waals surface area contributed by atoms with Gasteiger partial charge in [0.25, 0.3) is 0 Å². The molecule has 0 bridgehead atoms. The Kier molecular flexibility index (Phi) is 6.37. The Morgan fingerprint density at radius 3 is 2.21 bits per heavy atom. The molecule has 24 heavy (non-hydrogen) atoms. The standard InChI is InChI=1S/C19H21NO4/c1-2-14-5-9-17(10-6-14)24-12-11-18(21)20-16-7-3-15(4-8-16)13-19(22)23/h3-10H,2,11-13H2,1H3,(H,20,21)(H,22,23). The Morgan fingerprint density at radius 1 is 1.00 bits per heavy atom. The largest absolute Gasteiger partial charge is 0.493 e. The lowest BCUT2D eigenvalue weighted by atomic mass is 10.1. The molecule has 0 saturated heterocycles. The Bertz CT molecular complexity index is 678.